The van der Waals surface area contributed by atoms with Crippen LogP contribution in [0.15, 0.2) is 72.8 Å². The maximum absolute atomic E-state index is 13.4. The van der Waals surface area contributed by atoms with Crippen LogP contribution in [0.3, 0.4) is 0 Å². The van der Waals surface area contributed by atoms with E-state index in [9.17, 15) is 19.2 Å². The van der Waals surface area contributed by atoms with Crippen molar-refractivity contribution < 1.29 is 23.9 Å². The molecule has 0 spiro atoms. The van der Waals surface area contributed by atoms with E-state index in [1.807, 2.05) is 32.0 Å². The highest BCUT2D eigenvalue weighted by Gasteiger charge is 2.43. The van der Waals surface area contributed by atoms with E-state index < -0.39 is 35.8 Å². The number of ether oxygens (including phenoxy) is 1. The van der Waals surface area contributed by atoms with Gasteiger partial charge < -0.3 is 10.1 Å². The Bertz CT molecular complexity index is 1250. The smallest absolute Gasteiger partial charge is 0.330 e. The first kappa shape index (κ1) is 23.9. The van der Waals surface area contributed by atoms with Gasteiger partial charge in [0.1, 0.15) is 6.04 Å². The molecule has 3 amide bonds. The summed E-state index contributed by atoms with van der Waals surface area (Å²) in [5.41, 5.74) is 3.35. The molecule has 1 aliphatic rings. The van der Waals surface area contributed by atoms with E-state index in [0.29, 0.717) is 11.3 Å². The molecule has 3 aromatic rings. The summed E-state index contributed by atoms with van der Waals surface area (Å²) < 4.78 is 5.71. The Morgan fingerprint density at radius 1 is 0.829 bits per heavy atom. The number of aryl methyl sites for hydroxylation is 2. The van der Waals surface area contributed by atoms with Crippen molar-refractivity contribution in [3.63, 3.8) is 0 Å². The lowest BCUT2D eigenvalue weighted by molar-refractivity contribution is -0.158. The van der Waals surface area contributed by atoms with Gasteiger partial charge in [-0.25, -0.2) is 4.79 Å². The molecule has 0 aliphatic carbocycles. The summed E-state index contributed by atoms with van der Waals surface area (Å²) in [6, 6.07) is 19.6. The van der Waals surface area contributed by atoms with Crippen LogP contribution >= 0.6 is 0 Å². The monoisotopic (exact) mass is 470 g/mol. The fourth-order valence-corrected chi connectivity index (χ4v) is 4.24. The summed E-state index contributed by atoms with van der Waals surface area (Å²) in [6.45, 7) is 5.44. The number of esters is 1. The number of carbonyl (C=O) groups excluding carboxylic acids is 4. The Morgan fingerprint density at radius 3 is 1.91 bits per heavy atom. The Morgan fingerprint density at radius 2 is 1.37 bits per heavy atom. The Hall–Kier alpha value is -4.26. The van der Waals surface area contributed by atoms with Crippen LogP contribution in [0.1, 0.15) is 56.9 Å². The molecule has 35 heavy (non-hydrogen) atoms. The first-order valence-electron chi connectivity index (χ1n) is 11.4. The van der Waals surface area contributed by atoms with Crippen molar-refractivity contribution in [3.8, 4) is 0 Å². The third-order valence-corrected chi connectivity index (χ3v) is 6.10. The molecule has 4 rings (SSSR count). The zero-order valence-corrected chi connectivity index (χ0v) is 19.8. The van der Waals surface area contributed by atoms with Gasteiger partial charge in [0.15, 0.2) is 0 Å². The molecule has 7 nitrogen and oxygen atoms in total. The first-order chi connectivity index (χ1) is 16.8. The zero-order chi connectivity index (χ0) is 25.1. The number of hydrogen-bond acceptors (Lipinski definition) is 5. The maximum Gasteiger partial charge on any atom is 0.330 e. The highest BCUT2D eigenvalue weighted by Crippen LogP contribution is 2.29. The molecular weight excluding hydrogens is 444 g/mol. The number of nitrogens with one attached hydrogen (secondary N) is 1. The molecule has 1 heterocycles. The van der Waals surface area contributed by atoms with Crippen molar-refractivity contribution in [2.45, 2.75) is 39.3 Å². The van der Waals surface area contributed by atoms with Gasteiger partial charge in [0.25, 0.3) is 17.7 Å². The van der Waals surface area contributed by atoms with E-state index in [2.05, 4.69) is 5.32 Å². The van der Waals surface area contributed by atoms with Crippen molar-refractivity contribution in [1.29, 1.82) is 0 Å². The maximum atomic E-state index is 13.4. The fourth-order valence-electron chi connectivity index (χ4n) is 4.24. The molecule has 0 bridgehead atoms. The second kappa shape index (κ2) is 9.93. The fraction of sp³-hybridized carbons (Fsp3) is 0.214. The molecule has 1 N–H and O–H groups in total. The Kier molecular flexibility index (Phi) is 6.78. The van der Waals surface area contributed by atoms with Crippen molar-refractivity contribution in [2.24, 2.45) is 0 Å². The molecule has 0 unspecified atom stereocenters. The lowest BCUT2D eigenvalue weighted by Crippen LogP contribution is -2.46. The summed E-state index contributed by atoms with van der Waals surface area (Å²) in [4.78, 5) is 53.5. The largest absolute Gasteiger partial charge is 0.446 e. The molecule has 0 saturated heterocycles. The minimum absolute atomic E-state index is 0.143. The van der Waals surface area contributed by atoms with E-state index in [4.69, 9.17) is 4.74 Å². The number of amides is 3. The highest BCUT2D eigenvalue weighted by atomic mass is 16.5. The third kappa shape index (κ3) is 4.57. The van der Waals surface area contributed by atoms with Crippen LogP contribution in [0.25, 0.3) is 0 Å². The number of carbonyl (C=O) groups is 4. The molecule has 7 heteroatoms. The van der Waals surface area contributed by atoms with Gasteiger partial charge in [-0.05, 0) is 43.5 Å². The number of hydrogen-bond donors (Lipinski definition) is 1. The first-order valence-corrected chi connectivity index (χ1v) is 11.4. The van der Waals surface area contributed by atoms with Crippen LogP contribution in [0.5, 0.6) is 0 Å². The van der Waals surface area contributed by atoms with Gasteiger partial charge in [0.05, 0.1) is 11.1 Å². The van der Waals surface area contributed by atoms with Crippen LogP contribution in [0, 0.1) is 13.8 Å². The van der Waals surface area contributed by atoms with Crippen LogP contribution in [0.4, 0.5) is 5.69 Å². The van der Waals surface area contributed by atoms with Gasteiger partial charge >= 0.3 is 5.97 Å². The molecule has 0 aromatic heterocycles. The average Bonchev–Trinajstić information content (AvgIpc) is 3.11. The van der Waals surface area contributed by atoms with Crippen molar-refractivity contribution in [1.82, 2.24) is 4.90 Å². The van der Waals surface area contributed by atoms with Crippen molar-refractivity contribution in [2.75, 3.05) is 5.32 Å². The number of rotatable bonds is 7. The highest BCUT2D eigenvalue weighted by molar-refractivity contribution is 6.22. The Labute approximate surface area is 203 Å². The Balaban J connectivity index is 1.62. The SMILES string of the molecule is CC[C@H](C(=O)O[C@@H](C(=O)Nc1c(C)cccc1C)c1ccccc1)N1C(=O)c2ccccc2C1=O. The van der Waals surface area contributed by atoms with Gasteiger partial charge in [-0.15, -0.1) is 0 Å². The van der Waals surface area contributed by atoms with Gasteiger partial charge in [-0.1, -0.05) is 67.6 Å². The normalized spacial score (nSPS) is 14.3. The van der Waals surface area contributed by atoms with Crippen LogP contribution < -0.4 is 5.32 Å². The second-order valence-corrected chi connectivity index (χ2v) is 8.43. The average molecular weight is 471 g/mol. The van der Waals surface area contributed by atoms with Gasteiger partial charge in [-0.3, -0.25) is 19.3 Å². The quantitative estimate of drug-likeness (QED) is 0.402. The summed E-state index contributed by atoms with van der Waals surface area (Å²) in [5.74, 6) is -2.46. The van der Waals surface area contributed by atoms with Crippen LogP contribution in [-0.2, 0) is 14.3 Å². The van der Waals surface area contributed by atoms with E-state index in [1.54, 1.807) is 61.5 Å². The number of imide groups is 1. The molecule has 178 valence electrons. The zero-order valence-electron chi connectivity index (χ0n) is 19.8. The van der Waals surface area contributed by atoms with E-state index in [1.165, 1.54) is 0 Å². The molecule has 0 radical (unpaired) electrons. The number of anilines is 1. The molecule has 0 fully saturated rings. The molecule has 2 atom stereocenters. The summed E-state index contributed by atoms with van der Waals surface area (Å²) in [7, 11) is 0. The minimum Gasteiger partial charge on any atom is -0.446 e. The molecule has 1 aliphatic heterocycles. The van der Waals surface area contributed by atoms with Gasteiger partial charge in [0, 0.05) is 11.3 Å². The minimum atomic E-state index is -1.27. The van der Waals surface area contributed by atoms with Crippen molar-refractivity contribution in [3.05, 3.63) is 101 Å². The van der Waals surface area contributed by atoms with Gasteiger partial charge in [-0.2, -0.15) is 0 Å². The number of fused-ring (bicyclic) bond motifs is 1. The van der Waals surface area contributed by atoms with E-state index >= 15 is 0 Å². The van der Waals surface area contributed by atoms with Crippen molar-refractivity contribution >= 4 is 29.4 Å². The van der Waals surface area contributed by atoms with Gasteiger partial charge in [0.2, 0.25) is 6.10 Å². The third-order valence-electron chi connectivity index (χ3n) is 6.10. The van der Waals surface area contributed by atoms with E-state index in [-0.39, 0.29) is 17.5 Å². The molecular formula is C28H26N2O5. The summed E-state index contributed by atoms with van der Waals surface area (Å²) in [6.07, 6.45) is -1.13. The molecule has 0 saturated carbocycles. The van der Waals surface area contributed by atoms with E-state index in [0.717, 1.165) is 16.0 Å². The predicted molar refractivity (Wildman–Crippen MR) is 131 cm³/mol. The summed E-state index contributed by atoms with van der Waals surface area (Å²) >= 11 is 0. The van der Waals surface area contributed by atoms with Crippen LogP contribution in [0.2, 0.25) is 0 Å². The lowest BCUT2D eigenvalue weighted by atomic mass is 10.1. The van der Waals surface area contributed by atoms with Crippen LogP contribution in [-0.4, -0.2) is 34.6 Å². The summed E-state index contributed by atoms with van der Waals surface area (Å²) in [5, 5.41) is 2.88. The topological polar surface area (TPSA) is 92.8 Å². The predicted octanol–water partition coefficient (Wildman–Crippen LogP) is 4.60. The number of nitrogens with zero attached hydrogens (tertiary/aromatic N) is 1. The second-order valence-electron chi connectivity index (χ2n) is 8.43. The standard InChI is InChI=1S/C28H26N2O5/c1-4-22(30-26(32)20-15-8-9-16-21(20)27(30)33)28(34)35-24(19-13-6-5-7-14-19)25(31)29-23-17(2)11-10-12-18(23)3/h5-16,22,24H,4H2,1-3H3,(H,29,31)/t22-,24-/m1/s1. The number of benzene rings is 3. The molecule has 3 aromatic carbocycles. The lowest BCUT2D eigenvalue weighted by Gasteiger charge is -2.26. The number of para-hydroxylation sites is 1.